The number of ether oxygens (including phenoxy) is 1. The Kier molecular flexibility index (Phi) is 4.73. The minimum absolute atomic E-state index is 0.111. The van der Waals surface area contributed by atoms with Gasteiger partial charge in [0.15, 0.2) is 0 Å². The minimum atomic E-state index is -0.395. The highest BCUT2D eigenvalue weighted by atomic mass is 16.5. The molecule has 5 nitrogen and oxygen atoms in total. The number of rotatable bonds is 5. The SMILES string of the molecule is COC1(c2noc(C(CN)C(C)C)n2)CCC(C)(C)CC1. The second kappa shape index (κ2) is 6.05. The van der Waals surface area contributed by atoms with Crippen LogP contribution >= 0.6 is 0 Å². The van der Waals surface area contributed by atoms with Gasteiger partial charge in [-0.05, 0) is 37.0 Å². The molecule has 21 heavy (non-hydrogen) atoms. The van der Waals surface area contributed by atoms with E-state index in [9.17, 15) is 0 Å². The molecular weight excluding hydrogens is 266 g/mol. The molecule has 0 aromatic carbocycles. The first-order valence-electron chi connectivity index (χ1n) is 7.93. The predicted octanol–water partition coefficient (Wildman–Crippen LogP) is 3.21. The summed E-state index contributed by atoms with van der Waals surface area (Å²) in [5.74, 6) is 1.82. The predicted molar refractivity (Wildman–Crippen MR) is 81.9 cm³/mol. The Morgan fingerprint density at radius 1 is 1.24 bits per heavy atom. The molecule has 1 atom stereocenters. The molecule has 0 radical (unpaired) electrons. The van der Waals surface area contributed by atoms with Gasteiger partial charge in [0, 0.05) is 13.7 Å². The zero-order chi connectivity index (χ0) is 15.7. The monoisotopic (exact) mass is 295 g/mol. The van der Waals surface area contributed by atoms with E-state index in [1.807, 2.05) is 0 Å². The Hall–Kier alpha value is -0.940. The Morgan fingerprint density at radius 3 is 2.33 bits per heavy atom. The number of nitrogens with zero attached hydrogens (tertiary/aromatic N) is 2. The summed E-state index contributed by atoms with van der Waals surface area (Å²) >= 11 is 0. The third kappa shape index (κ3) is 3.29. The maximum Gasteiger partial charge on any atom is 0.231 e. The largest absolute Gasteiger partial charge is 0.370 e. The molecule has 1 fully saturated rings. The van der Waals surface area contributed by atoms with Gasteiger partial charge in [0.05, 0.1) is 5.92 Å². The van der Waals surface area contributed by atoms with Gasteiger partial charge in [-0.25, -0.2) is 0 Å². The van der Waals surface area contributed by atoms with E-state index in [4.69, 9.17) is 15.0 Å². The van der Waals surface area contributed by atoms with Crippen molar-refractivity contribution < 1.29 is 9.26 Å². The lowest BCUT2D eigenvalue weighted by Gasteiger charge is -2.40. The summed E-state index contributed by atoms with van der Waals surface area (Å²) in [5.41, 5.74) is 5.81. The van der Waals surface area contributed by atoms with Gasteiger partial charge in [-0.3, -0.25) is 0 Å². The smallest absolute Gasteiger partial charge is 0.231 e. The van der Waals surface area contributed by atoms with Crippen LogP contribution in [0.1, 0.15) is 71.0 Å². The van der Waals surface area contributed by atoms with E-state index in [0.29, 0.717) is 29.6 Å². The summed E-state index contributed by atoms with van der Waals surface area (Å²) in [7, 11) is 1.75. The lowest BCUT2D eigenvalue weighted by Crippen LogP contribution is -2.37. The first kappa shape index (κ1) is 16.4. The lowest BCUT2D eigenvalue weighted by atomic mass is 9.70. The first-order chi connectivity index (χ1) is 9.83. The number of hydrogen-bond donors (Lipinski definition) is 1. The molecule has 1 aliphatic rings. The van der Waals surface area contributed by atoms with Gasteiger partial charge >= 0.3 is 0 Å². The number of hydrogen-bond acceptors (Lipinski definition) is 5. The molecule has 0 amide bonds. The molecule has 1 saturated carbocycles. The minimum Gasteiger partial charge on any atom is -0.370 e. The normalized spacial score (nSPS) is 22.4. The number of nitrogens with two attached hydrogens (primary N) is 1. The van der Waals surface area contributed by atoms with Crippen molar-refractivity contribution in [3.05, 3.63) is 11.7 Å². The van der Waals surface area contributed by atoms with Gasteiger partial charge in [-0.15, -0.1) is 0 Å². The molecule has 0 saturated heterocycles. The second-order valence-electron chi connectivity index (χ2n) is 7.41. The van der Waals surface area contributed by atoms with Crippen LogP contribution in [0.15, 0.2) is 4.52 Å². The molecule has 1 heterocycles. The standard InChI is InChI=1S/C16H29N3O2/c1-11(2)12(10-17)13-18-14(19-21-13)16(20-5)8-6-15(3,4)7-9-16/h11-12H,6-10,17H2,1-5H3. The van der Waals surface area contributed by atoms with Crippen LogP contribution in [0, 0.1) is 11.3 Å². The molecule has 1 aliphatic carbocycles. The van der Waals surface area contributed by atoms with Gasteiger partial charge < -0.3 is 15.0 Å². The van der Waals surface area contributed by atoms with Gasteiger partial charge in [-0.1, -0.05) is 32.9 Å². The van der Waals surface area contributed by atoms with Crippen molar-refractivity contribution in [1.82, 2.24) is 10.1 Å². The van der Waals surface area contributed by atoms with Crippen molar-refractivity contribution >= 4 is 0 Å². The quantitative estimate of drug-likeness (QED) is 0.902. The Morgan fingerprint density at radius 2 is 1.86 bits per heavy atom. The van der Waals surface area contributed by atoms with E-state index < -0.39 is 5.60 Å². The van der Waals surface area contributed by atoms with Crippen molar-refractivity contribution in [1.29, 1.82) is 0 Å². The van der Waals surface area contributed by atoms with Crippen LogP contribution < -0.4 is 5.73 Å². The van der Waals surface area contributed by atoms with Crippen molar-refractivity contribution in [2.24, 2.45) is 17.1 Å². The maximum absolute atomic E-state index is 5.84. The molecule has 2 rings (SSSR count). The highest BCUT2D eigenvalue weighted by Crippen LogP contribution is 2.46. The summed E-state index contributed by atoms with van der Waals surface area (Å²) in [6.07, 6.45) is 4.08. The van der Waals surface area contributed by atoms with Crippen LogP contribution in [-0.2, 0) is 10.3 Å². The Balaban J connectivity index is 2.22. The number of methoxy groups -OCH3 is 1. The highest BCUT2D eigenvalue weighted by molar-refractivity contribution is 5.07. The Labute approximate surface area is 127 Å². The summed E-state index contributed by atoms with van der Waals surface area (Å²) < 4.78 is 11.3. The summed E-state index contributed by atoms with van der Waals surface area (Å²) in [5, 5.41) is 4.22. The van der Waals surface area contributed by atoms with Gasteiger partial charge in [-0.2, -0.15) is 4.98 Å². The average Bonchev–Trinajstić information content (AvgIpc) is 2.90. The average molecular weight is 295 g/mol. The fourth-order valence-corrected chi connectivity index (χ4v) is 3.08. The van der Waals surface area contributed by atoms with Crippen LogP contribution in [0.4, 0.5) is 0 Å². The number of aromatic nitrogens is 2. The van der Waals surface area contributed by atoms with Crippen molar-refractivity contribution in [3.8, 4) is 0 Å². The molecule has 0 bridgehead atoms. The van der Waals surface area contributed by atoms with Crippen molar-refractivity contribution in [2.45, 2.75) is 64.9 Å². The van der Waals surface area contributed by atoms with Crippen LogP contribution in [-0.4, -0.2) is 23.8 Å². The molecular formula is C16H29N3O2. The fraction of sp³-hybridized carbons (Fsp3) is 0.875. The van der Waals surface area contributed by atoms with Crippen LogP contribution in [0.25, 0.3) is 0 Å². The summed E-state index contributed by atoms with van der Waals surface area (Å²) in [4.78, 5) is 4.63. The third-order valence-corrected chi connectivity index (χ3v) is 5.03. The lowest BCUT2D eigenvalue weighted by molar-refractivity contribution is -0.0740. The van der Waals surface area contributed by atoms with Crippen LogP contribution in [0.3, 0.4) is 0 Å². The van der Waals surface area contributed by atoms with E-state index in [2.05, 4.69) is 37.8 Å². The molecule has 1 aromatic heterocycles. The molecule has 0 aliphatic heterocycles. The van der Waals surface area contributed by atoms with E-state index in [-0.39, 0.29) is 5.92 Å². The second-order valence-corrected chi connectivity index (χ2v) is 7.41. The van der Waals surface area contributed by atoms with Crippen molar-refractivity contribution in [2.75, 3.05) is 13.7 Å². The van der Waals surface area contributed by atoms with Gasteiger partial charge in [0.2, 0.25) is 11.7 Å². The first-order valence-corrected chi connectivity index (χ1v) is 7.93. The molecule has 120 valence electrons. The molecule has 1 unspecified atom stereocenters. The van der Waals surface area contributed by atoms with Crippen LogP contribution in [0.5, 0.6) is 0 Å². The Bertz CT molecular complexity index is 458. The summed E-state index contributed by atoms with van der Waals surface area (Å²) in [6.45, 7) is 9.37. The molecule has 0 spiro atoms. The van der Waals surface area contributed by atoms with E-state index >= 15 is 0 Å². The highest BCUT2D eigenvalue weighted by Gasteiger charge is 2.43. The van der Waals surface area contributed by atoms with E-state index in [1.165, 1.54) is 0 Å². The zero-order valence-corrected chi connectivity index (χ0v) is 14.0. The molecule has 2 N–H and O–H groups in total. The fourth-order valence-electron chi connectivity index (χ4n) is 3.08. The molecule has 5 heteroatoms. The van der Waals surface area contributed by atoms with Gasteiger partial charge in [0.1, 0.15) is 5.60 Å². The van der Waals surface area contributed by atoms with E-state index in [1.54, 1.807) is 7.11 Å². The zero-order valence-electron chi connectivity index (χ0n) is 14.0. The van der Waals surface area contributed by atoms with E-state index in [0.717, 1.165) is 25.7 Å². The van der Waals surface area contributed by atoms with Gasteiger partial charge in [0.25, 0.3) is 0 Å². The molecule has 1 aromatic rings. The van der Waals surface area contributed by atoms with Crippen LogP contribution in [0.2, 0.25) is 0 Å². The topological polar surface area (TPSA) is 74.2 Å². The maximum atomic E-state index is 5.84. The summed E-state index contributed by atoms with van der Waals surface area (Å²) in [6, 6.07) is 0. The third-order valence-electron chi connectivity index (χ3n) is 5.03. The van der Waals surface area contributed by atoms with Crippen molar-refractivity contribution in [3.63, 3.8) is 0 Å².